The van der Waals surface area contributed by atoms with Gasteiger partial charge in [0.25, 0.3) is 0 Å². The monoisotopic (exact) mass is 656 g/mol. The number of anilines is 3. The van der Waals surface area contributed by atoms with E-state index in [2.05, 4.69) is 179 Å². The van der Waals surface area contributed by atoms with Crippen molar-refractivity contribution in [2.75, 3.05) is 4.90 Å². The highest BCUT2D eigenvalue weighted by Crippen LogP contribution is 2.50. The van der Waals surface area contributed by atoms with E-state index in [9.17, 15) is 0 Å². The highest BCUT2D eigenvalue weighted by molar-refractivity contribution is 7.25. The smallest absolute Gasteiger partial charge is 0.160 e. The normalized spacial score (nSPS) is 12.0. The molecule has 0 atom stereocenters. The van der Waals surface area contributed by atoms with Crippen LogP contribution in [-0.2, 0) is 0 Å². The van der Waals surface area contributed by atoms with Gasteiger partial charge in [0.2, 0.25) is 0 Å². The Morgan fingerprint density at radius 3 is 2.08 bits per heavy atom. The van der Waals surface area contributed by atoms with Crippen LogP contribution in [0.15, 0.2) is 174 Å². The molecule has 3 aromatic heterocycles. The maximum Gasteiger partial charge on any atom is 0.160 e. The first-order valence-electron chi connectivity index (χ1n) is 16.9. The zero-order chi connectivity index (χ0) is 32.8. The molecule has 11 rings (SSSR count). The van der Waals surface area contributed by atoms with Gasteiger partial charge in [-0.15, -0.1) is 11.3 Å². The van der Waals surface area contributed by atoms with Crippen molar-refractivity contribution in [2.45, 2.75) is 0 Å². The standard InChI is InChI=1S/C46H28N2OS/c1-2-14-30(15-3-1)47-38-20-9-6-19-36(38)44-39(47)21-12-22-40(44)48(31-25-26-35-34-18-8-11-24-42(34)50-43(35)28-31)45-32-16-5-4-13-29(32)27-37-33-17-7-10-23-41(33)49-46(37)45/h1-28H. The molecule has 0 saturated carbocycles. The highest BCUT2D eigenvalue weighted by Gasteiger charge is 2.26. The predicted molar refractivity (Wildman–Crippen MR) is 213 cm³/mol. The number of benzene rings is 8. The summed E-state index contributed by atoms with van der Waals surface area (Å²) in [7, 11) is 0. The van der Waals surface area contributed by atoms with Gasteiger partial charge in [0.1, 0.15) is 5.58 Å². The summed E-state index contributed by atoms with van der Waals surface area (Å²) in [6.45, 7) is 0. The Kier molecular flexibility index (Phi) is 5.83. The summed E-state index contributed by atoms with van der Waals surface area (Å²) in [5.74, 6) is 0. The molecule has 0 unspecified atom stereocenters. The summed E-state index contributed by atoms with van der Waals surface area (Å²) >= 11 is 1.85. The van der Waals surface area contributed by atoms with Crippen LogP contribution in [0.4, 0.5) is 17.1 Å². The van der Waals surface area contributed by atoms with E-state index in [0.717, 1.165) is 55.6 Å². The second-order valence-electron chi connectivity index (χ2n) is 12.9. The van der Waals surface area contributed by atoms with Crippen molar-refractivity contribution >= 4 is 103 Å². The fourth-order valence-corrected chi connectivity index (χ4v) is 9.15. The van der Waals surface area contributed by atoms with E-state index in [1.165, 1.54) is 41.8 Å². The van der Waals surface area contributed by atoms with Crippen molar-refractivity contribution in [2.24, 2.45) is 0 Å². The average molecular weight is 657 g/mol. The van der Waals surface area contributed by atoms with Crippen molar-refractivity contribution < 1.29 is 4.42 Å². The molecule has 0 aliphatic rings. The number of hydrogen-bond donors (Lipinski definition) is 0. The minimum absolute atomic E-state index is 0.880. The lowest BCUT2D eigenvalue weighted by Crippen LogP contribution is -2.11. The van der Waals surface area contributed by atoms with Crippen LogP contribution in [-0.4, -0.2) is 4.57 Å². The number of furan rings is 1. The van der Waals surface area contributed by atoms with Crippen molar-refractivity contribution in [1.29, 1.82) is 0 Å². The second kappa shape index (κ2) is 10.6. The quantitative estimate of drug-likeness (QED) is 0.188. The van der Waals surface area contributed by atoms with Crippen LogP contribution < -0.4 is 4.90 Å². The van der Waals surface area contributed by atoms with Gasteiger partial charge >= 0.3 is 0 Å². The second-order valence-corrected chi connectivity index (χ2v) is 14.0. The summed E-state index contributed by atoms with van der Waals surface area (Å²) in [5, 5.41) is 9.52. The molecule has 0 radical (unpaired) electrons. The maximum absolute atomic E-state index is 6.88. The number of nitrogens with zero attached hydrogens (tertiary/aromatic N) is 2. The Morgan fingerprint density at radius 2 is 1.18 bits per heavy atom. The molecule has 4 heteroatoms. The fraction of sp³-hybridized carbons (Fsp3) is 0. The third-order valence-corrected chi connectivity index (χ3v) is 11.3. The van der Waals surface area contributed by atoms with Crippen LogP contribution in [0.5, 0.6) is 0 Å². The molecule has 0 N–H and O–H groups in total. The van der Waals surface area contributed by atoms with Crippen molar-refractivity contribution in [3.8, 4) is 5.69 Å². The zero-order valence-electron chi connectivity index (χ0n) is 26.9. The van der Waals surface area contributed by atoms with E-state index < -0.39 is 0 Å². The van der Waals surface area contributed by atoms with E-state index in [1.807, 2.05) is 11.3 Å². The number of hydrogen-bond acceptors (Lipinski definition) is 3. The molecule has 0 aliphatic heterocycles. The molecule has 234 valence electrons. The van der Waals surface area contributed by atoms with Crippen molar-refractivity contribution in [1.82, 2.24) is 4.57 Å². The first-order chi connectivity index (χ1) is 24.8. The number of para-hydroxylation sites is 3. The van der Waals surface area contributed by atoms with Crippen LogP contribution in [0.3, 0.4) is 0 Å². The van der Waals surface area contributed by atoms with Gasteiger partial charge in [-0.3, -0.25) is 0 Å². The van der Waals surface area contributed by atoms with E-state index in [0.29, 0.717) is 0 Å². The Bertz CT molecular complexity index is 3110. The summed E-state index contributed by atoms with van der Waals surface area (Å²) < 4.78 is 11.8. The predicted octanol–water partition coefficient (Wildman–Crippen LogP) is 13.7. The molecule has 3 nitrogen and oxygen atoms in total. The topological polar surface area (TPSA) is 21.3 Å². The lowest BCUT2D eigenvalue weighted by molar-refractivity contribution is 0.669. The SMILES string of the molecule is c1ccc(-n2c3ccccc3c3c(N(c4ccc5c(c4)sc4ccccc45)c4c5ccccc5cc5c4oc4ccccc45)cccc32)cc1. The molecular formula is C46H28N2OS. The summed E-state index contributed by atoms with van der Waals surface area (Å²) in [6.07, 6.45) is 0. The number of fused-ring (bicyclic) bond motifs is 10. The minimum Gasteiger partial charge on any atom is -0.454 e. The van der Waals surface area contributed by atoms with Gasteiger partial charge in [0.05, 0.1) is 22.4 Å². The molecule has 0 bridgehead atoms. The zero-order valence-corrected chi connectivity index (χ0v) is 27.7. The van der Waals surface area contributed by atoms with Gasteiger partial charge in [-0.2, -0.15) is 0 Å². The maximum atomic E-state index is 6.88. The molecule has 50 heavy (non-hydrogen) atoms. The van der Waals surface area contributed by atoms with E-state index >= 15 is 0 Å². The third kappa shape index (κ3) is 3.91. The van der Waals surface area contributed by atoms with Gasteiger partial charge in [0, 0.05) is 58.5 Å². The van der Waals surface area contributed by atoms with Crippen LogP contribution in [0, 0.1) is 0 Å². The van der Waals surface area contributed by atoms with Crippen molar-refractivity contribution in [3.63, 3.8) is 0 Å². The molecule has 0 aliphatic carbocycles. The highest BCUT2D eigenvalue weighted by atomic mass is 32.1. The Balaban J connectivity index is 1.32. The molecule has 3 heterocycles. The first-order valence-corrected chi connectivity index (χ1v) is 17.8. The van der Waals surface area contributed by atoms with Crippen LogP contribution in [0.2, 0.25) is 0 Å². The van der Waals surface area contributed by atoms with Gasteiger partial charge in [-0.05, 0) is 66.0 Å². The summed E-state index contributed by atoms with van der Waals surface area (Å²) in [6, 6.07) is 61.2. The van der Waals surface area contributed by atoms with Crippen molar-refractivity contribution in [3.05, 3.63) is 170 Å². The largest absolute Gasteiger partial charge is 0.454 e. The number of rotatable bonds is 4. The van der Waals surface area contributed by atoms with Gasteiger partial charge in [0.15, 0.2) is 5.58 Å². The molecule has 0 fully saturated rings. The third-order valence-electron chi connectivity index (χ3n) is 10.1. The van der Waals surface area contributed by atoms with Gasteiger partial charge < -0.3 is 13.9 Å². The van der Waals surface area contributed by atoms with E-state index in [1.54, 1.807) is 0 Å². The Hall–Kier alpha value is -6.36. The molecule has 0 amide bonds. The molecule has 8 aromatic carbocycles. The Labute approximate surface area is 291 Å². The van der Waals surface area contributed by atoms with E-state index in [4.69, 9.17) is 4.42 Å². The van der Waals surface area contributed by atoms with Crippen LogP contribution in [0.1, 0.15) is 0 Å². The lowest BCUT2D eigenvalue weighted by Gasteiger charge is -2.28. The molecule has 0 spiro atoms. The van der Waals surface area contributed by atoms with Gasteiger partial charge in [-0.25, -0.2) is 0 Å². The summed E-state index contributed by atoms with van der Waals surface area (Å²) in [4.78, 5) is 2.46. The van der Waals surface area contributed by atoms with Crippen LogP contribution in [0.25, 0.3) is 80.4 Å². The summed E-state index contributed by atoms with van der Waals surface area (Å²) in [5.41, 5.74) is 8.47. The average Bonchev–Trinajstić information content (AvgIpc) is 3.84. The minimum atomic E-state index is 0.880. The first kappa shape index (κ1) is 27.6. The van der Waals surface area contributed by atoms with Crippen LogP contribution >= 0.6 is 11.3 Å². The molecule has 0 saturated heterocycles. The Morgan fingerprint density at radius 1 is 0.480 bits per heavy atom. The molecule has 11 aromatic rings. The fourth-order valence-electron chi connectivity index (χ4n) is 8.01. The lowest BCUT2D eigenvalue weighted by atomic mass is 10.0. The molecular weight excluding hydrogens is 629 g/mol. The number of thiophene rings is 1. The van der Waals surface area contributed by atoms with E-state index in [-0.39, 0.29) is 0 Å². The number of aromatic nitrogens is 1. The van der Waals surface area contributed by atoms with Gasteiger partial charge in [-0.1, -0.05) is 109 Å².